The molecule has 1 saturated carbocycles. The third-order valence-electron chi connectivity index (χ3n) is 4.31. The second kappa shape index (κ2) is 4.69. The zero-order valence-corrected chi connectivity index (χ0v) is 10.5. The third-order valence-corrected chi connectivity index (χ3v) is 4.31. The Hall–Kier alpha value is -1.02. The molecule has 1 aliphatic carbocycles. The lowest BCUT2D eigenvalue weighted by atomic mass is 9.97. The highest BCUT2D eigenvalue weighted by molar-refractivity contribution is 5.45. The lowest BCUT2D eigenvalue weighted by Gasteiger charge is -2.30. The summed E-state index contributed by atoms with van der Waals surface area (Å²) in [5.74, 6) is 0.963. The number of hydrogen-bond donors (Lipinski definition) is 1. The number of rotatable bonds is 2. The maximum Gasteiger partial charge on any atom is 0.0316 e. The van der Waals surface area contributed by atoms with Crippen LogP contribution < -0.4 is 5.73 Å². The Morgan fingerprint density at radius 2 is 2.00 bits per heavy atom. The van der Waals surface area contributed by atoms with E-state index in [0.717, 1.165) is 18.2 Å². The van der Waals surface area contributed by atoms with Crippen molar-refractivity contribution in [3.05, 3.63) is 29.3 Å². The van der Waals surface area contributed by atoms with Gasteiger partial charge in [0.15, 0.2) is 0 Å². The van der Waals surface area contributed by atoms with Gasteiger partial charge >= 0.3 is 0 Å². The van der Waals surface area contributed by atoms with Gasteiger partial charge in [0.05, 0.1) is 0 Å². The first-order valence-corrected chi connectivity index (χ1v) is 6.91. The van der Waals surface area contributed by atoms with Crippen LogP contribution in [0.4, 0.5) is 5.69 Å². The van der Waals surface area contributed by atoms with Crippen LogP contribution in [0.1, 0.15) is 36.8 Å². The van der Waals surface area contributed by atoms with Crippen molar-refractivity contribution in [2.45, 2.75) is 38.6 Å². The minimum atomic E-state index is 0.910. The highest BCUT2D eigenvalue weighted by atomic mass is 15.1. The Balaban J connectivity index is 1.65. The van der Waals surface area contributed by atoms with Gasteiger partial charge in [-0.3, -0.25) is 4.90 Å². The predicted octanol–water partition coefficient (Wildman–Crippen LogP) is 2.82. The minimum Gasteiger partial charge on any atom is -0.399 e. The van der Waals surface area contributed by atoms with E-state index in [1.807, 2.05) is 6.07 Å². The molecule has 1 aromatic rings. The number of fused-ring (bicyclic) bond motifs is 1. The van der Waals surface area contributed by atoms with Crippen molar-refractivity contribution in [1.82, 2.24) is 4.90 Å². The van der Waals surface area contributed by atoms with E-state index in [0.29, 0.717) is 0 Å². The highest BCUT2D eigenvalue weighted by Gasteiger charge is 2.21. The Kier molecular flexibility index (Phi) is 3.06. The number of nitrogens with two attached hydrogens (primary N) is 1. The van der Waals surface area contributed by atoms with Gasteiger partial charge < -0.3 is 5.73 Å². The monoisotopic (exact) mass is 230 g/mol. The van der Waals surface area contributed by atoms with Gasteiger partial charge in [0.1, 0.15) is 0 Å². The van der Waals surface area contributed by atoms with E-state index in [9.17, 15) is 0 Å². The number of nitrogen functional groups attached to an aromatic ring is 1. The molecule has 2 nitrogen and oxygen atoms in total. The van der Waals surface area contributed by atoms with Gasteiger partial charge in [-0.2, -0.15) is 0 Å². The first-order chi connectivity index (χ1) is 8.31. The fourth-order valence-electron chi connectivity index (χ4n) is 3.35. The molecule has 92 valence electrons. The molecule has 17 heavy (non-hydrogen) atoms. The molecule has 0 aromatic heterocycles. The molecule has 0 radical (unpaired) electrons. The third kappa shape index (κ3) is 2.47. The molecule has 1 heterocycles. The zero-order chi connectivity index (χ0) is 11.7. The second-order valence-corrected chi connectivity index (χ2v) is 5.66. The van der Waals surface area contributed by atoms with E-state index < -0.39 is 0 Å². The molecule has 0 amide bonds. The molecule has 1 aliphatic heterocycles. The highest BCUT2D eigenvalue weighted by Crippen LogP contribution is 2.28. The van der Waals surface area contributed by atoms with Crippen LogP contribution in [0.25, 0.3) is 0 Å². The van der Waals surface area contributed by atoms with Crippen LogP contribution in [-0.2, 0) is 13.0 Å². The quantitative estimate of drug-likeness (QED) is 0.792. The van der Waals surface area contributed by atoms with E-state index >= 15 is 0 Å². The van der Waals surface area contributed by atoms with E-state index in [-0.39, 0.29) is 0 Å². The number of benzene rings is 1. The summed E-state index contributed by atoms with van der Waals surface area (Å²) in [7, 11) is 0. The van der Waals surface area contributed by atoms with Gasteiger partial charge in [-0.25, -0.2) is 0 Å². The van der Waals surface area contributed by atoms with Crippen LogP contribution in [0.15, 0.2) is 18.2 Å². The topological polar surface area (TPSA) is 29.3 Å². The van der Waals surface area contributed by atoms with Crippen LogP contribution in [0.3, 0.4) is 0 Å². The van der Waals surface area contributed by atoms with Gasteiger partial charge in [-0.1, -0.05) is 18.9 Å². The van der Waals surface area contributed by atoms with Crippen LogP contribution in [-0.4, -0.2) is 18.0 Å². The molecule has 1 fully saturated rings. The second-order valence-electron chi connectivity index (χ2n) is 5.66. The van der Waals surface area contributed by atoms with Gasteiger partial charge in [0.25, 0.3) is 0 Å². The molecular weight excluding hydrogens is 208 g/mol. The van der Waals surface area contributed by atoms with Gasteiger partial charge in [0.2, 0.25) is 0 Å². The first kappa shape index (κ1) is 11.1. The Bertz CT molecular complexity index is 394. The molecule has 1 aromatic carbocycles. The molecule has 0 bridgehead atoms. The number of nitrogens with zero attached hydrogens (tertiary/aromatic N) is 1. The van der Waals surface area contributed by atoms with Crippen LogP contribution in [0.5, 0.6) is 0 Å². The number of anilines is 1. The SMILES string of the molecule is Nc1ccc2c(c1)CCN(CC1CCCC1)C2. The summed E-state index contributed by atoms with van der Waals surface area (Å²) in [6.45, 7) is 3.66. The summed E-state index contributed by atoms with van der Waals surface area (Å²) in [5, 5.41) is 0. The largest absolute Gasteiger partial charge is 0.399 e. The van der Waals surface area contributed by atoms with E-state index in [4.69, 9.17) is 5.73 Å². The molecule has 2 N–H and O–H groups in total. The average Bonchev–Trinajstić information content (AvgIpc) is 2.82. The summed E-state index contributed by atoms with van der Waals surface area (Å²) >= 11 is 0. The summed E-state index contributed by atoms with van der Waals surface area (Å²) in [6.07, 6.45) is 6.97. The molecule has 2 aliphatic rings. The Morgan fingerprint density at radius 3 is 2.82 bits per heavy atom. The molecule has 0 spiro atoms. The Labute approximate surface area is 104 Å². The standard InChI is InChI=1S/C15H22N2/c16-15-6-5-14-11-17(8-7-13(14)9-15)10-12-3-1-2-4-12/h5-6,9,12H,1-4,7-8,10-11,16H2. The normalized spacial score (nSPS) is 21.6. The van der Waals surface area contributed by atoms with E-state index in [2.05, 4.69) is 17.0 Å². The van der Waals surface area contributed by atoms with Crippen molar-refractivity contribution in [2.75, 3.05) is 18.8 Å². The van der Waals surface area contributed by atoms with Crippen molar-refractivity contribution in [1.29, 1.82) is 0 Å². The van der Waals surface area contributed by atoms with Gasteiger partial charge in [-0.15, -0.1) is 0 Å². The first-order valence-electron chi connectivity index (χ1n) is 6.91. The molecular formula is C15H22N2. The summed E-state index contributed by atoms with van der Waals surface area (Å²) < 4.78 is 0. The molecule has 0 saturated heterocycles. The molecule has 0 unspecified atom stereocenters. The lowest BCUT2D eigenvalue weighted by Crippen LogP contribution is -2.34. The summed E-state index contributed by atoms with van der Waals surface area (Å²) in [4.78, 5) is 2.63. The summed E-state index contributed by atoms with van der Waals surface area (Å²) in [6, 6.07) is 6.41. The van der Waals surface area contributed by atoms with Crippen LogP contribution >= 0.6 is 0 Å². The number of hydrogen-bond acceptors (Lipinski definition) is 2. The van der Waals surface area contributed by atoms with Crippen molar-refractivity contribution in [3.8, 4) is 0 Å². The van der Waals surface area contributed by atoms with Crippen molar-refractivity contribution >= 4 is 5.69 Å². The van der Waals surface area contributed by atoms with Crippen molar-refractivity contribution in [3.63, 3.8) is 0 Å². The fraction of sp³-hybridized carbons (Fsp3) is 0.600. The van der Waals surface area contributed by atoms with E-state index in [1.54, 1.807) is 0 Å². The Morgan fingerprint density at radius 1 is 1.18 bits per heavy atom. The minimum absolute atomic E-state index is 0.910. The maximum atomic E-state index is 5.83. The molecule has 2 heteroatoms. The molecule has 0 atom stereocenters. The smallest absolute Gasteiger partial charge is 0.0316 e. The van der Waals surface area contributed by atoms with E-state index in [1.165, 1.54) is 56.3 Å². The van der Waals surface area contributed by atoms with Gasteiger partial charge in [0, 0.05) is 25.3 Å². The summed E-state index contributed by atoms with van der Waals surface area (Å²) in [5.41, 5.74) is 9.70. The van der Waals surface area contributed by atoms with Crippen molar-refractivity contribution in [2.24, 2.45) is 5.92 Å². The lowest BCUT2D eigenvalue weighted by molar-refractivity contribution is 0.215. The van der Waals surface area contributed by atoms with Crippen molar-refractivity contribution < 1.29 is 0 Å². The zero-order valence-electron chi connectivity index (χ0n) is 10.5. The van der Waals surface area contributed by atoms with Gasteiger partial charge in [-0.05, 0) is 48.4 Å². The maximum absolute atomic E-state index is 5.83. The average molecular weight is 230 g/mol. The fourth-order valence-corrected chi connectivity index (χ4v) is 3.35. The molecule has 3 rings (SSSR count). The predicted molar refractivity (Wildman–Crippen MR) is 71.8 cm³/mol. The van der Waals surface area contributed by atoms with Crippen LogP contribution in [0.2, 0.25) is 0 Å². The van der Waals surface area contributed by atoms with Crippen LogP contribution in [0, 0.1) is 5.92 Å².